The molecule has 20 heavy (non-hydrogen) atoms. The van der Waals surface area contributed by atoms with Crippen LogP contribution in [-0.4, -0.2) is 49.6 Å². The van der Waals surface area contributed by atoms with Gasteiger partial charge in [-0.2, -0.15) is 0 Å². The van der Waals surface area contributed by atoms with E-state index in [1.165, 1.54) is 0 Å². The second kappa shape index (κ2) is 10.00. The Morgan fingerprint density at radius 3 is 2.60 bits per heavy atom. The number of rotatable bonds is 6. The molecule has 0 aromatic carbocycles. The van der Waals surface area contributed by atoms with Gasteiger partial charge in [0, 0.05) is 13.1 Å². The zero-order chi connectivity index (χ0) is 14.3. The Morgan fingerprint density at radius 2 is 2.10 bits per heavy atom. The lowest BCUT2D eigenvalue weighted by Crippen LogP contribution is -2.46. The molecular weight excluding hydrogens is 280 g/mol. The van der Waals surface area contributed by atoms with Gasteiger partial charge in [0.05, 0.1) is 12.5 Å². The maximum atomic E-state index is 12.5. The van der Waals surface area contributed by atoms with Crippen LogP contribution in [0.3, 0.4) is 0 Å². The molecular formula is C14H27ClN2O3. The number of nitrogens with one attached hydrogen (secondary N) is 1. The summed E-state index contributed by atoms with van der Waals surface area (Å²) in [6, 6.07) is 0. The van der Waals surface area contributed by atoms with Crippen LogP contribution in [0.5, 0.6) is 0 Å². The first kappa shape index (κ1) is 19.2. The number of hydrogen-bond acceptors (Lipinski definition) is 4. The molecule has 118 valence electrons. The van der Waals surface area contributed by atoms with Crippen LogP contribution in [0.4, 0.5) is 0 Å². The summed E-state index contributed by atoms with van der Waals surface area (Å²) in [5.74, 6) is 0.103. The third-order valence-corrected chi connectivity index (χ3v) is 3.17. The molecule has 1 atom stereocenters. The van der Waals surface area contributed by atoms with E-state index in [2.05, 4.69) is 5.32 Å². The molecule has 1 fully saturated rings. The highest BCUT2D eigenvalue weighted by Gasteiger charge is 2.27. The van der Waals surface area contributed by atoms with Gasteiger partial charge in [-0.1, -0.05) is 13.8 Å². The van der Waals surface area contributed by atoms with Crippen molar-refractivity contribution in [1.29, 1.82) is 0 Å². The van der Waals surface area contributed by atoms with Gasteiger partial charge < -0.3 is 15.0 Å². The molecule has 0 saturated carbocycles. The van der Waals surface area contributed by atoms with E-state index < -0.39 is 0 Å². The third-order valence-electron chi connectivity index (χ3n) is 3.17. The van der Waals surface area contributed by atoms with Gasteiger partial charge in [-0.05, 0) is 32.2 Å². The zero-order valence-electron chi connectivity index (χ0n) is 12.7. The maximum Gasteiger partial charge on any atom is 0.325 e. The maximum absolute atomic E-state index is 12.5. The summed E-state index contributed by atoms with van der Waals surface area (Å²) in [6.07, 6.45) is 1.93. The predicted molar refractivity (Wildman–Crippen MR) is 80.9 cm³/mol. The number of ether oxygens (including phenoxy) is 1. The molecule has 1 amide bonds. The van der Waals surface area contributed by atoms with Crippen molar-refractivity contribution in [2.75, 3.05) is 32.8 Å². The molecule has 5 nitrogen and oxygen atoms in total. The van der Waals surface area contributed by atoms with Gasteiger partial charge in [0.2, 0.25) is 5.91 Å². The fourth-order valence-electron chi connectivity index (χ4n) is 2.36. The number of hydrogen-bond donors (Lipinski definition) is 1. The number of amides is 1. The second-order valence-corrected chi connectivity index (χ2v) is 5.46. The average Bonchev–Trinajstić information content (AvgIpc) is 2.38. The number of halogens is 1. The molecule has 0 aromatic rings. The molecule has 0 bridgehead atoms. The largest absolute Gasteiger partial charge is 0.465 e. The highest BCUT2D eigenvalue weighted by molar-refractivity contribution is 5.85. The van der Waals surface area contributed by atoms with Crippen molar-refractivity contribution < 1.29 is 14.3 Å². The van der Waals surface area contributed by atoms with E-state index in [0.717, 1.165) is 25.9 Å². The molecule has 0 spiro atoms. The summed E-state index contributed by atoms with van der Waals surface area (Å²) >= 11 is 0. The Morgan fingerprint density at radius 1 is 1.40 bits per heavy atom. The molecule has 1 aliphatic rings. The molecule has 1 heterocycles. The van der Waals surface area contributed by atoms with E-state index in [0.29, 0.717) is 19.1 Å². The summed E-state index contributed by atoms with van der Waals surface area (Å²) in [5.41, 5.74) is 0. The Labute approximate surface area is 127 Å². The van der Waals surface area contributed by atoms with Gasteiger partial charge in [-0.3, -0.25) is 9.59 Å². The topological polar surface area (TPSA) is 58.6 Å². The van der Waals surface area contributed by atoms with Crippen LogP contribution in [0.15, 0.2) is 0 Å². The Kier molecular flexibility index (Phi) is 9.59. The van der Waals surface area contributed by atoms with Gasteiger partial charge in [0.15, 0.2) is 0 Å². The van der Waals surface area contributed by atoms with Crippen LogP contribution in [0.2, 0.25) is 0 Å². The quantitative estimate of drug-likeness (QED) is 0.755. The minimum absolute atomic E-state index is 0. The molecule has 0 unspecified atom stereocenters. The predicted octanol–water partition coefficient (Wildman–Crippen LogP) is 1.46. The van der Waals surface area contributed by atoms with Crippen LogP contribution >= 0.6 is 12.4 Å². The van der Waals surface area contributed by atoms with Crippen LogP contribution in [0.1, 0.15) is 33.6 Å². The van der Waals surface area contributed by atoms with Crippen molar-refractivity contribution in [1.82, 2.24) is 10.2 Å². The summed E-state index contributed by atoms with van der Waals surface area (Å²) in [6.45, 7) is 8.60. The van der Waals surface area contributed by atoms with E-state index in [-0.39, 0.29) is 36.7 Å². The number of nitrogens with zero attached hydrogens (tertiary/aromatic N) is 1. The standard InChI is InChI=1S/C14H26N2O3.ClH/c1-4-19-13(17)10-16(9-11(2)3)14(18)12-6-5-7-15-8-12;/h11-12,15H,4-10H2,1-3H3;1H/t12-;/m1./s1. The van der Waals surface area contributed by atoms with Gasteiger partial charge in [0.1, 0.15) is 6.54 Å². The summed E-state index contributed by atoms with van der Waals surface area (Å²) < 4.78 is 4.94. The van der Waals surface area contributed by atoms with Gasteiger partial charge in [-0.25, -0.2) is 0 Å². The number of carbonyl (C=O) groups excluding carboxylic acids is 2. The highest BCUT2D eigenvalue weighted by atomic mass is 35.5. The summed E-state index contributed by atoms with van der Waals surface area (Å²) in [7, 11) is 0. The lowest BCUT2D eigenvalue weighted by molar-refractivity contribution is -0.150. The molecule has 0 radical (unpaired) electrons. The van der Waals surface area contributed by atoms with Gasteiger partial charge in [0.25, 0.3) is 0 Å². The highest BCUT2D eigenvalue weighted by Crippen LogP contribution is 2.14. The number of esters is 1. The van der Waals surface area contributed by atoms with E-state index in [9.17, 15) is 9.59 Å². The first-order chi connectivity index (χ1) is 9.04. The first-order valence-electron chi connectivity index (χ1n) is 7.19. The van der Waals surface area contributed by atoms with E-state index >= 15 is 0 Å². The molecule has 1 saturated heterocycles. The normalized spacial score (nSPS) is 18.3. The molecule has 6 heteroatoms. The summed E-state index contributed by atoms with van der Waals surface area (Å²) in [4.78, 5) is 25.7. The Hall–Kier alpha value is -0.810. The van der Waals surface area contributed by atoms with Crippen molar-refractivity contribution in [3.63, 3.8) is 0 Å². The smallest absolute Gasteiger partial charge is 0.325 e. The van der Waals surface area contributed by atoms with Crippen LogP contribution in [-0.2, 0) is 14.3 Å². The Bertz CT molecular complexity index is 305. The monoisotopic (exact) mass is 306 g/mol. The lowest BCUT2D eigenvalue weighted by Gasteiger charge is -2.30. The molecule has 1 N–H and O–H groups in total. The minimum Gasteiger partial charge on any atom is -0.465 e. The third kappa shape index (κ3) is 6.57. The van der Waals surface area contributed by atoms with Crippen LogP contribution in [0.25, 0.3) is 0 Å². The van der Waals surface area contributed by atoms with Gasteiger partial charge >= 0.3 is 5.97 Å². The number of piperidine rings is 1. The molecule has 0 aromatic heterocycles. The molecule has 1 aliphatic heterocycles. The van der Waals surface area contributed by atoms with Crippen molar-refractivity contribution >= 4 is 24.3 Å². The van der Waals surface area contributed by atoms with E-state index in [4.69, 9.17) is 4.74 Å². The summed E-state index contributed by atoms with van der Waals surface area (Å²) in [5, 5.41) is 3.24. The van der Waals surface area contributed by atoms with Gasteiger partial charge in [-0.15, -0.1) is 12.4 Å². The fraction of sp³-hybridized carbons (Fsp3) is 0.857. The second-order valence-electron chi connectivity index (χ2n) is 5.46. The first-order valence-corrected chi connectivity index (χ1v) is 7.19. The zero-order valence-corrected chi connectivity index (χ0v) is 13.5. The lowest BCUT2D eigenvalue weighted by atomic mass is 9.97. The van der Waals surface area contributed by atoms with Crippen LogP contribution in [0, 0.1) is 11.8 Å². The fourth-order valence-corrected chi connectivity index (χ4v) is 2.36. The molecule has 0 aliphatic carbocycles. The van der Waals surface area contributed by atoms with E-state index in [1.807, 2.05) is 13.8 Å². The Balaban J connectivity index is 0.00000361. The van der Waals surface area contributed by atoms with Crippen molar-refractivity contribution in [2.24, 2.45) is 11.8 Å². The van der Waals surface area contributed by atoms with Crippen molar-refractivity contribution in [3.05, 3.63) is 0 Å². The minimum atomic E-state index is -0.319. The molecule has 1 rings (SSSR count). The van der Waals surface area contributed by atoms with Crippen molar-refractivity contribution in [2.45, 2.75) is 33.6 Å². The SMILES string of the molecule is CCOC(=O)CN(CC(C)C)C(=O)[C@@H]1CCCNC1.Cl. The van der Waals surface area contributed by atoms with Crippen molar-refractivity contribution in [3.8, 4) is 0 Å². The van der Waals surface area contributed by atoms with E-state index in [1.54, 1.807) is 11.8 Å². The number of carbonyl (C=O) groups is 2. The van der Waals surface area contributed by atoms with Crippen LogP contribution < -0.4 is 5.32 Å². The average molecular weight is 307 g/mol.